The molecule has 0 fully saturated rings. The highest BCUT2D eigenvalue weighted by atomic mass is 16.6. The number of hydrazone groups is 1. The fraction of sp³-hybridized carbons (Fsp3) is 0.192. The van der Waals surface area contributed by atoms with E-state index in [-0.39, 0.29) is 18.3 Å². The Labute approximate surface area is 193 Å². The predicted molar refractivity (Wildman–Crippen MR) is 126 cm³/mol. The lowest BCUT2D eigenvalue weighted by atomic mass is 10.1. The molecule has 0 aromatic heterocycles. The number of hydrogen-bond acceptors (Lipinski definition) is 6. The van der Waals surface area contributed by atoms with E-state index in [0.717, 1.165) is 12.8 Å². The Morgan fingerprint density at radius 2 is 1.73 bits per heavy atom. The molecule has 33 heavy (non-hydrogen) atoms. The minimum atomic E-state index is -0.484. The molecule has 0 aliphatic carbocycles. The molecule has 3 aromatic rings. The summed E-state index contributed by atoms with van der Waals surface area (Å²) in [5.41, 5.74) is 4.74. The van der Waals surface area contributed by atoms with E-state index in [9.17, 15) is 9.59 Å². The Kier molecular flexibility index (Phi) is 8.59. The molecule has 1 amide bonds. The van der Waals surface area contributed by atoms with Gasteiger partial charge in [-0.2, -0.15) is 5.10 Å². The quantitative estimate of drug-likeness (QED) is 0.216. The van der Waals surface area contributed by atoms with E-state index in [1.165, 1.54) is 18.9 Å². The summed E-state index contributed by atoms with van der Waals surface area (Å²) < 4.78 is 16.2. The normalized spacial score (nSPS) is 10.6. The van der Waals surface area contributed by atoms with E-state index in [4.69, 9.17) is 14.2 Å². The number of nitrogens with one attached hydrogen (secondary N) is 1. The maximum atomic E-state index is 12.3. The van der Waals surface area contributed by atoms with Crippen LogP contribution in [0.4, 0.5) is 0 Å². The first-order chi connectivity index (χ1) is 16.1. The molecule has 3 rings (SSSR count). The molecule has 0 spiro atoms. The summed E-state index contributed by atoms with van der Waals surface area (Å²) in [6, 6.07) is 21.3. The number of carbonyl (C=O) groups is 2. The molecule has 0 unspecified atom stereocenters. The molecule has 0 aliphatic rings. The molecule has 0 saturated heterocycles. The van der Waals surface area contributed by atoms with Crippen molar-refractivity contribution in [2.45, 2.75) is 19.8 Å². The van der Waals surface area contributed by atoms with E-state index in [2.05, 4.69) is 17.5 Å². The Bertz CT molecular complexity index is 1100. The van der Waals surface area contributed by atoms with Crippen LogP contribution in [-0.4, -0.2) is 31.8 Å². The van der Waals surface area contributed by atoms with E-state index < -0.39 is 5.97 Å². The Morgan fingerprint density at radius 1 is 0.970 bits per heavy atom. The first kappa shape index (κ1) is 23.5. The number of aryl methyl sites for hydroxylation is 1. The Morgan fingerprint density at radius 3 is 2.42 bits per heavy atom. The molecule has 170 valence electrons. The molecule has 0 atom stereocenters. The number of benzene rings is 3. The molecule has 0 bridgehead atoms. The SMILES string of the molecule is CCCc1ccc(OCC(=O)NN=Cc2ccc(OC(=O)c3ccccc3)c(OC)c2)cc1. The van der Waals surface area contributed by atoms with E-state index in [1.807, 2.05) is 30.3 Å². The van der Waals surface area contributed by atoms with Crippen LogP contribution >= 0.6 is 0 Å². The zero-order chi connectivity index (χ0) is 23.5. The van der Waals surface area contributed by atoms with E-state index in [0.29, 0.717) is 22.6 Å². The van der Waals surface area contributed by atoms with Gasteiger partial charge in [-0.3, -0.25) is 4.79 Å². The Hall–Kier alpha value is -4.13. The van der Waals surface area contributed by atoms with Gasteiger partial charge in [-0.15, -0.1) is 0 Å². The molecular formula is C26H26N2O5. The van der Waals surface area contributed by atoms with Gasteiger partial charge in [0, 0.05) is 0 Å². The first-order valence-electron chi connectivity index (χ1n) is 10.6. The van der Waals surface area contributed by atoms with Gasteiger partial charge in [-0.05, 0) is 60.0 Å². The van der Waals surface area contributed by atoms with Crippen LogP contribution in [0.1, 0.15) is 34.8 Å². The number of hydrogen-bond donors (Lipinski definition) is 1. The van der Waals surface area contributed by atoms with Crippen LogP contribution in [0, 0.1) is 0 Å². The van der Waals surface area contributed by atoms with Gasteiger partial charge in [0.15, 0.2) is 18.1 Å². The van der Waals surface area contributed by atoms with Crippen molar-refractivity contribution in [1.29, 1.82) is 0 Å². The summed E-state index contributed by atoms with van der Waals surface area (Å²) in [7, 11) is 1.48. The number of ether oxygens (including phenoxy) is 3. The van der Waals surface area contributed by atoms with E-state index in [1.54, 1.807) is 42.5 Å². The smallest absolute Gasteiger partial charge is 0.343 e. The Balaban J connectivity index is 1.51. The maximum Gasteiger partial charge on any atom is 0.343 e. The maximum absolute atomic E-state index is 12.3. The van der Waals surface area contributed by atoms with Crippen molar-refractivity contribution in [3.8, 4) is 17.2 Å². The zero-order valence-corrected chi connectivity index (χ0v) is 18.6. The van der Waals surface area contributed by atoms with E-state index >= 15 is 0 Å². The van der Waals surface area contributed by atoms with Gasteiger partial charge in [0.05, 0.1) is 18.9 Å². The van der Waals surface area contributed by atoms with Crippen LogP contribution < -0.4 is 19.6 Å². The largest absolute Gasteiger partial charge is 0.493 e. The third-order valence-electron chi connectivity index (χ3n) is 4.63. The first-order valence-corrected chi connectivity index (χ1v) is 10.6. The molecule has 0 radical (unpaired) electrons. The summed E-state index contributed by atoms with van der Waals surface area (Å²) in [4.78, 5) is 24.2. The van der Waals surface area contributed by atoms with Crippen molar-refractivity contribution >= 4 is 18.1 Å². The van der Waals surface area contributed by atoms with Crippen molar-refractivity contribution in [3.05, 3.63) is 89.5 Å². The predicted octanol–water partition coefficient (Wildman–Crippen LogP) is 4.40. The lowest BCUT2D eigenvalue weighted by Crippen LogP contribution is -2.24. The highest BCUT2D eigenvalue weighted by molar-refractivity contribution is 5.91. The molecular weight excluding hydrogens is 420 g/mol. The lowest BCUT2D eigenvalue weighted by Gasteiger charge is -2.10. The summed E-state index contributed by atoms with van der Waals surface area (Å²) in [6.45, 7) is 1.97. The molecule has 0 heterocycles. The van der Waals surface area contributed by atoms with Crippen LogP contribution in [-0.2, 0) is 11.2 Å². The van der Waals surface area contributed by atoms with Crippen molar-refractivity contribution in [2.24, 2.45) is 5.10 Å². The van der Waals surface area contributed by atoms with Crippen molar-refractivity contribution in [3.63, 3.8) is 0 Å². The van der Waals surface area contributed by atoms with Crippen LogP contribution in [0.3, 0.4) is 0 Å². The summed E-state index contributed by atoms with van der Waals surface area (Å²) >= 11 is 0. The van der Waals surface area contributed by atoms with Gasteiger partial charge < -0.3 is 14.2 Å². The van der Waals surface area contributed by atoms with Gasteiger partial charge in [0.1, 0.15) is 5.75 Å². The fourth-order valence-corrected chi connectivity index (χ4v) is 2.98. The monoisotopic (exact) mass is 446 g/mol. The minimum absolute atomic E-state index is 0.151. The van der Waals surface area contributed by atoms with Crippen LogP contribution in [0.25, 0.3) is 0 Å². The van der Waals surface area contributed by atoms with Crippen molar-refractivity contribution in [2.75, 3.05) is 13.7 Å². The number of rotatable bonds is 10. The second-order valence-corrected chi connectivity index (χ2v) is 7.14. The zero-order valence-electron chi connectivity index (χ0n) is 18.6. The standard InChI is InChI=1S/C26H26N2O5/c1-3-7-19-10-13-22(14-11-19)32-18-25(29)28-27-17-20-12-15-23(24(16-20)31-2)33-26(30)21-8-5-4-6-9-21/h4-6,8-17H,3,7,18H2,1-2H3,(H,28,29). The molecule has 7 nitrogen and oxygen atoms in total. The fourth-order valence-electron chi connectivity index (χ4n) is 2.98. The molecule has 0 aliphatic heterocycles. The van der Waals surface area contributed by atoms with Gasteiger partial charge >= 0.3 is 5.97 Å². The highest BCUT2D eigenvalue weighted by Gasteiger charge is 2.12. The summed E-state index contributed by atoms with van der Waals surface area (Å²) in [6.07, 6.45) is 3.55. The van der Waals surface area contributed by atoms with Gasteiger partial charge in [-0.1, -0.05) is 43.7 Å². The van der Waals surface area contributed by atoms with Crippen LogP contribution in [0.15, 0.2) is 77.9 Å². The average Bonchev–Trinajstić information content (AvgIpc) is 2.85. The number of methoxy groups -OCH3 is 1. The second-order valence-electron chi connectivity index (χ2n) is 7.14. The number of esters is 1. The summed E-state index contributed by atoms with van der Waals surface area (Å²) in [5.74, 6) is 0.404. The minimum Gasteiger partial charge on any atom is -0.493 e. The second kappa shape index (κ2) is 12.0. The number of nitrogens with zero attached hydrogens (tertiary/aromatic N) is 1. The molecule has 0 saturated carbocycles. The number of carbonyl (C=O) groups excluding carboxylic acids is 2. The third kappa shape index (κ3) is 7.21. The molecule has 1 N–H and O–H groups in total. The van der Waals surface area contributed by atoms with Gasteiger partial charge in [-0.25, -0.2) is 10.2 Å². The topological polar surface area (TPSA) is 86.2 Å². The molecule has 3 aromatic carbocycles. The average molecular weight is 447 g/mol. The summed E-state index contributed by atoms with van der Waals surface area (Å²) in [5, 5.41) is 3.94. The van der Waals surface area contributed by atoms with Crippen molar-refractivity contribution < 1.29 is 23.8 Å². The molecule has 7 heteroatoms. The third-order valence-corrected chi connectivity index (χ3v) is 4.63. The van der Waals surface area contributed by atoms with Gasteiger partial charge in [0.2, 0.25) is 0 Å². The van der Waals surface area contributed by atoms with Crippen LogP contribution in [0.5, 0.6) is 17.2 Å². The lowest BCUT2D eigenvalue weighted by molar-refractivity contribution is -0.123. The highest BCUT2D eigenvalue weighted by Crippen LogP contribution is 2.28. The van der Waals surface area contributed by atoms with Gasteiger partial charge in [0.25, 0.3) is 5.91 Å². The van der Waals surface area contributed by atoms with Crippen LogP contribution in [0.2, 0.25) is 0 Å². The van der Waals surface area contributed by atoms with Crippen molar-refractivity contribution in [1.82, 2.24) is 5.43 Å². The number of amides is 1.